The van der Waals surface area contributed by atoms with E-state index in [0.29, 0.717) is 30.9 Å². The maximum atomic E-state index is 11.4. The van der Waals surface area contributed by atoms with E-state index in [-0.39, 0.29) is 12.4 Å². The number of aromatic amines is 1. The summed E-state index contributed by atoms with van der Waals surface area (Å²) >= 11 is 0. The topological polar surface area (TPSA) is 113 Å². The monoisotopic (exact) mass is 505 g/mol. The number of rotatable bonds is 10. The number of benzene rings is 3. The molecule has 1 heterocycles. The molecule has 0 saturated heterocycles. The lowest BCUT2D eigenvalue weighted by Crippen LogP contribution is -2.26. The number of aliphatic hydroxyl groups is 1. The number of aromatic nitrogens is 1. The van der Waals surface area contributed by atoms with Gasteiger partial charge in [0.15, 0.2) is 0 Å². The van der Waals surface area contributed by atoms with Gasteiger partial charge in [-0.25, -0.2) is 8.42 Å². The van der Waals surface area contributed by atoms with Crippen molar-refractivity contribution in [3.05, 3.63) is 66.2 Å². The van der Waals surface area contributed by atoms with Crippen LogP contribution in [-0.4, -0.2) is 51.6 Å². The van der Waals surface area contributed by atoms with Gasteiger partial charge in [-0.2, -0.15) is 0 Å². The average Bonchev–Trinajstić information content (AvgIpc) is 3.14. The van der Waals surface area contributed by atoms with Crippen LogP contribution in [-0.2, 0) is 10.0 Å². The van der Waals surface area contributed by atoms with Gasteiger partial charge >= 0.3 is 0 Å². The highest BCUT2D eigenvalue weighted by molar-refractivity contribution is 7.92. The first-order valence-corrected chi connectivity index (χ1v) is 12.4. The van der Waals surface area contributed by atoms with Crippen molar-refractivity contribution in [2.75, 3.05) is 37.8 Å². The van der Waals surface area contributed by atoms with Gasteiger partial charge < -0.3 is 24.9 Å². The van der Waals surface area contributed by atoms with Crippen LogP contribution in [0.15, 0.2) is 60.7 Å². The smallest absolute Gasteiger partial charge is 0.229 e. The minimum absolute atomic E-state index is 0. The summed E-state index contributed by atoms with van der Waals surface area (Å²) < 4.78 is 36.3. The van der Waals surface area contributed by atoms with Gasteiger partial charge in [0.05, 0.1) is 30.5 Å². The fraction of sp³-hybridized carbons (Fsp3) is 0.250. The summed E-state index contributed by atoms with van der Waals surface area (Å²) in [5.41, 5.74) is 3.04. The number of ether oxygens (including phenoxy) is 2. The number of aliphatic hydroxyl groups excluding tert-OH is 1. The summed E-state index contributed by atoms with van der Waals surface area (Å²) in [5.74, 6) is 1.56. The van der Waals surface area contributed by atoms with Gasteiger partial charge in [0.25, 0.3) is 0 Å². The molecule has 0 amide bonds. The highest BCUT2D eigenvalue weighted by Crippen LogP contribution is 2.30. The molecule has 10 heteroatoms. The third kappa shape index (κ3) is 6.32. The minimum atomic E-state index is -3.37. The largest absolute Gasteiger partial charge is 0.497 e. The van der Waals surface area contributed by atoms with Crippen molar-refractivity contribution in [3.63, 3.8) is 0 Å². The SMILES string of the molecule is COc1ccc2c(c1)[nH]c1cc(OCCNCC(O)c3cccc(NS(C)(=O)=O)c3)ccc12.Cl. The highest BCUT2D eigenvalue weighted by Gasteiger charge is 2.10. The molecule has 4 N–H and O–H groups in total. The Bertz CT molecular complexity index is 1370. The number of halogens is 1. The molecule has 1 atom stereocenters. The maximum Gasteiger partial charge on any atom is 0.229 e. The second-order valence-electron chi connectivity index (χ2n) is 7.81. The van der Waals surface area contributed by atoms with Crippen molar-refractivity contribution >= 4 is 49.9 Å². The molecule has 0 radical (unpaired) electrons. The van der Waals surface area contributed by atoms with E-state index < -0.39 is 16.1 Å². The average molecular weight is 506 g/mol. The van der Waals surface area contributed by atoms with Crippen molar-refractivity contribution in [3.8, 4) is 11.5 Å². The molecule has 0 aliphatic rings. The van der Waals surface area contributed by atoms with E-state index in [4.69, 9.17) is 9.47 Å². The van der Waals surface area contributed by atoms with Crippen molar-refractivity contribution in [1.29, 1.82) is 0 Å². The number of nitrogens with one attached hydrogen (secondary N) is 3. The fourth-order valence-electron chi connectivity index (χ4n) is 3.71. The predicted molar refractivity (Wildman–Crippen MR) is 138 cm³/mol. The molecular formula is C24H28ClN3O5S. The first-order chi connectivity index (χ1) is 15.8. The molecule has 0 aliphatic carbocycles. The zero-order valence-corrected chi connectivity index (χ0v) is 20.5. The molecule has 0 saturated carbocycles. The fourth-order valence-corrected chi connectivity index (χ4v) is 4.26. The third-order valence-corrected chi connectivity index (χ3v) is 5.84. The van der Waals surface area contributed by atoms with E-state index in [9.17, 15) is 13.5 Å². The van der Waals surface area contributed by atoms with Gasteiger partial charge in [-0.3, -0.25) is 4.72 Å². The van der Waals surface area contributed by atoms with Crippen molar-refractivity contribution in [1.82, 2.24) is 10.3 Å². The van der Waals surface area contributed by atoms with E-state index in [2.05, 4.69) is 15.0 Å². The molecule has 0 bridgehead atoms. The lowest BCUT2D eigenvalue weighted by Gasteiger charge is -2.14. The zero-order chi connectivity index (χ0) is 23.4. The van der Waals surface area contributed by atoms with Gasteiger partial charge in [0, 0.05) is 41.7 Å². The third-order valence-electron chi connectivity index (χ3n) is 5.24. The Morgan fingerprint density at radius 2 is 1.68 bits per heavy atom. The van der Waals surface area contributed by atoms with Crippen LogP contribution in [0.5, 0.6) is 11.5 Å². The standard InChI is InChI=1S/C24H27N3O5S.ClH/c1-31-18-6-8-20-21-9-7-19(14-23(21)26-22(20)13-18)32-11-10-25-15-24(28)16-4-3-5-17(12-16)27-33(2,29)30;/h3-9,12-14,24-28H,10-11,15H2,1-2H3;1H. The summed E-state index contributed by atoms with van der Waals surface area (Å²) in [5, 5.41) is 15.8. The lowest BCUT2D eigenvalue weighted by molar-refractivity contribution is 0.172. The Morgan fingerprint density at radius 1 is 1.00 bits per heavy atom. The molecule has 0 spiro atoms. The molecule has 1 aromatic heterocycles. The van der Waals surface area contributed by atoms with Crippen LogP contribution in [0, 0.1) is 0 Å². The van der Waals surface area contributed by atoms with Crippen LogP contribution >= 0.6 is 12.4 Å². The van der Waals surface area contributed by atoms with E-state index in [1.54, 1.807) is 31.4 Å². The summed E-state index contributed by atoms with van der Waals surface area (Å²) in [6.45, 7) is 1.29. The lowest BCUT2D eigenvalue weighted by atomic mass is 10.1. The number of hydrogen-bond donors (Lipinski definition) is 4. The Kier molecular flexibility index (Phi) is 8.27. The van der Waals surface area contributed by atoms with Crippen molar-refractivity contribution in [2.45, 2.75) is 6.10 Å². The Morgan fingerprint density at radius 3 is 2.35 bits per heavy atom. The van der Waals surface area contributed by atoms with Crippen LogP contribution in [0.2, 0.25) is 0 Å². The van der Waals surface area contributed by atoms with Crippen LogP contribution in [0.3, 0.4) is 0 Å². The molecule has 8 nitrogen and oxygen atoms in total. The number of H-pyrrole nitrogens is 1. The van der Waals surface area contributed by atoms with Gasteiger partial charge in [-0.1, -0.05) is 12.1 Å². The zero-order valence-electron chi connectivity index (χ0n) is 18.9. The first-order valence-electron chi connectivity index (χ1n) is 10.5. The Balaban J connectivity index is 0.00000324. The maximum absolute atomic E-state index is 11.4. The van der Waals surface area contributed by atoms with Crippen LogP contribution < -0.4 is 19.5 Å². The minimum Gasteiger partial charge on any atom is -0.497 e. The van der Waals surface area contributed by atoms with Crippen molar-refractivity contribution in [2.24, 2.45) is 0 Å². The predicted octanol–water partition coefficient (Wildman–Crippen LogP) is 3.83. The Labute approximate surface area is 204 Å². The molecular weight excluding hydrogens is 478 g/mol. The number of methoxy groups -OCH3 is 1. The number of hydrogen-bond acceptors (Lipinski definition) is 6. The van der Waals surface area contributed by atoms with Gasteiger partial charge in [-0.05, 0) is 42.0 Å². The van der Waals surface area contributed by atoms with Crippen LogP contribution in [0.1, 0.15) is 11.7 Å². The molecule has 3 aromatic carbocycles. The van der Waals surface area contributed by atoms with E-state index in [1.807, 2.05) is 36.4 Å². The quantitative estimate of drug-likeness (QED) is 0.244. The summed E-state index contributed by atoms with van der Waals surface area (Å²) in [6.07, 6.45) is 0.316. The first kappa shape index (κ1) is 25.6. The van der Waals surface area contributed by atoms with Crippen LogP contribution in [0.4, 0.5) is 5.69 Å². The molecule has 34 heavy (non-hydrogen) atoms. The van der Waals surface area contributed by atoms with Crippen molar-refractivity contribution < 1.29 is 23.0 Å². The normalized spacial score (nSPS) is 12.3. The Hall–Kier alpha value is -2.98. The summed E-state index contributed by atoms with van der Waals surface area (Å²) in [7, 11) is -1.72. The van der Waals surface area contributed by atoms with Crippen LogP contribution in [0.25, 0.3) is 21.8 Å². The molecule has 0 fully saturated rings. The number of fused-ring (bicyclic) bond motifs is 3. The number of sulfonamides is 1. The molecule has 182 valence electrons. The molecule has 4 aromatic rings. The summed E-state index contributed by atoms with van der Waals surface area (Å²) in [4.78, 5) is 3.39. The number of anilines is 1. The van der Waals surface area contributed by atoms with Gasteiger partial charge in [-0.15, -0.1) is 12.4 Å². The molecule has 4 rings (SSSR count). The van der Waals surface area contributed by atoms with E-state index >= 15 is 0 Å². The van der Waals surface area contributed by atoms with E-state index in [0.717, 1.165) is 39.6 Å². The van der Waals surface area contributed by atoms with E-state index in [1.165, 1.54) is 0 Å². The molecule has 0 aliphatic heterocycles. The summed E-state index contributed by atoms with van der Waals surface area (Å²) in [6, 6.07) is 18.6. The second kappa shape index (κ2) is 11.0. The highest BCUT2D eigenvalue weighted by atomic mass is 35.5. The second-order valence-corrected chi connectivity index (χ2v) is 9.56. The molecule has 1 unspecified atom stereocenters. The van der Waals surface area contributed by atoms with Gasteiger partial charge in [0.2, 0.25) is 10.0 Å². The van der Waals surface area contributed by atoms with Gasteiger partial charge in [0.1, 0.15) is 18.1 Å².